The Labute approximate surface area is 159 Å². The molecule has 0 saturated heterocycles. The maximum absolute atomic E-state index is 12.5. The van der Waals surface area contributed by atoms with Crippen LogP contribution in [0.4, 0.5) is 0 Å². The molecule has 26 heavy (non-hydrogen) atoms. The fourth-order valence-corrected chi connectivity index (χ4v) is 4.51. The predicted octanol–water partition coefficient (Wildman–Crippen LogP) is 4.42. The van der Waals surface area contributed by atoms with Crippen molar-refractivity contribution in [2.75, 3.05) is 0 Å². The van der Waals surface area contributed by atoms with Crippen molar-refractivity contribution in [3.05, 3.63) is 57.6 Å². The molecule has 0 bridgehead atoms. The van der Waals surface area contributed by atoms with Gasteiger partial charge in [0, 0.05) is 29.6 Å². The third kappa shape index (κ3) is 3.54. The maximum Gasteiger partial charge on any atom is 0.267 e. The molecule has 0 aliphatic rings. The zero-order chi connectivity index (χ0) is 18.1. The molecular formula is C19H18N4OS2. The first-order chi connectivity index (χ1) is 12.6. The second kappa shape index (κ2) is 7.01. The molecule has 3 aromatic heterocycles. The molecule has 0 aliphatic heterocycles. The highest BCUT2D eigenvalue weighted by Gasteiger charge is 2.15. The van der Waals surface area contributed by atoms with Gasteiger partial charge in [0.05, 0.1) is 25.9 Å². The van der Waals surface area contributed by atoms with Gasteiger partial charge in [-0.1, -0.05) is 12.1 Å². The number of fused-ring (bicyclic) bond motifs is 1. The van der Waals surface area contributed by atoms with Gasteiger partial charge in [0.15, 0.2) is 0 Å². The van der Waals surface area contributed by atoms with Gasteiger partial charge in [-0.05, 0) is 32.0 Å². The number of aromatic nitrogens is 3. The van der Waals surface area contributed by atoms with E-state index in [1.165, 1.54) is 4.70 Å². The van der Waals surface area contributed by atoms with Gasteiger partial charge in [0.2, 0.25) is 0 Å². The standard InChI is InChI=1S/C19H18N4OS2/c1-11(7-18-23-14-5-3-4-6-17(14)26-18)21-19(24)15-8-13(9-20-15)16-10-25-12(2)22-16/h3-6,8-11,20H,7H2,1-2H3,(H,21,24). The first kappa shape index (κ1) is 16.9. The molecule has 2 N–H and O–H groups in total. The van der Waals surface area contributed by atoms with Gasteiger partial charge in [-0.3, -0.25) is 4.79 Å². The van der Waals surface area contributed by atoms with E-state index in [-0.39, 0.29) is 11.9 Å². The third-order valence-electron chi connectivity index (χ3n) is 4.04. The average molecular weight is 383 g/mol. The van der Waals surface area contributed by atoms with E-state index in [0.717, 1.165) is 26.8 Å². The lowest BCUT2D eigenvalue weighted by atomic mass is 10.2. The van der Waals surface area contributed by atoms with E-state index in [2.05, 4.69) is 26.3 Å². The molecule has 1 atom stereocenters. The van der Waals surface area contributed by atoms with Gasteiger partial charge >= 0.3 is 0 Å². The fraction of sp³-hybridized carbons (Fsp3) is 0.211. The smallest absolute Gasteiger partial charge is 0.267 e. The minimum Gasteiger partial charge on any atom is -0.357 e. The molecule has 0 radical (unpaired) electrons. The number of hydrogen-bond acceptors (Lipinski definition) is 5. The number of aromatic amines is 1. The number of benzene rings is 1. The Kier molecular flexibility index (Phi) is 4.57. The van der Waals surface area contributed by atoms with Gasteiger partial charge in [-0.2, -0.15) is 0 Å². The predicted molar refractivity (Wildman–Crippen MR) is 107 cm³/mol. The number of para-hydroxylation sites is 1. The van der Waals surface area contributed by atoms with Crippen LogP contribution in [0.25, 0.3) is 21.5 Å². The zero-order valence-corrected chi connectivity index (χ0v) is 16.1. The first-order valence-corrected chi connectivity index (χ1v) is 10.0. The highest BCUT2D eigenvalue weighted by Crippen LogP contribution is 2.23. The van der Waals surface area contributed by atoms with Crippen LogP contribution in [0.3, 0.4) is 0 Å². The molecule has 7 heteroatoms. The Hall–Kier alpha value is -2.51. The monoisotopic (exact) mass is 382 g/mol. The summed E-state index contributed by atoms with van der Waals surface area (Å²) in [6.07, 6.45) is 2.53. The number of amides is 1. The Bertz CT molecular complexity index is 1030. The van der Waals surface area contributed by atoms with Gasteiger partial charge < -0.3 is 10.3 Å². The molecule has 3 heterocycles. The molecule has 5 nitrogen and oxygen atoms in total. The van der Waals surface area contributed by atoms with Crippen molar-refractivity contribution in [1.29, 1.82) is 0 Å². The van der Waals surface area contributed by atoms with Crippen LogP contribution in [-0.2, 0) is 6.42 Å². The lowest BCUT2D eigenvalue weighted by Gasteiger charge is -2.11. The Morgan fingerprint density at radius 2 is 2.15 bits per heavy atom. The van der Waals surface area contributed by atoms with Gasteiger partial charge in [0.1, 0.15) is 5.69 Å². The van der Waals surface area contributed by atoms with Crippen molar-refractivity contribution in [2.45, 2.75) is 26.3 Å². The highest BCUT2D eigenvalue weighted by atomic mass is 32.1. The minimum absolute atomic E-state index is 0.00340. The van der Waals surface area contributed by atoms with Crippen LogP contribution in [0, 0.1) is 6.92 Å². The molecule has 4 rings (SSSR count). The number of nitrogens with zero attached hydrogens (tertiary/aromatic N) is 2. The second-order valence-electron chi connectivity index (χ2n) is 6.21. The summed E-state index contributed by atoms with van der Waals surface area (Å²) >= 11 is 3.27. The number of thiazole rings is 2. The van der Waals surface area contributed by atoms with Crippen LogP contribution in [0.1, 0.15) is 27.4 Å². The Balaban J connectivity index is 1.41. The number of carbonyl (C=O) groups excluding carboxylic acids is 1. The summed E-state index contributed by atoms with van der Waals surface area (Å²) in [4.78, 5) is 24.6. The number of nitrogens with one attached hydrogen (secondary N) is 2. The number of hydrogen-bond donors (Lipinski definition) is 2. The van der Waals surface area contributed by atoms with E-state index in [9.17, 15) is 4.79 Å². The number of aryl methyl sites for hydroxylation is 1. The van der Waals surface area contributed by atoms with Crippen LogP contribution < -0.4 is 5.32 Å². The van der Waals surface area contributed by atoms with Crippen LogP contribution in [-0.4, -0.2) is 26.9 Å². The Morgan fingerprint density at radius 1 is 1.31 bits per heavy atom. The summed E-state index contributed by atoms with van der Waals surface area (Å²) in [5.41, 5.74) is 3.38. The van der Waals surface area contributed by atoms with Crippen molar-refractivity contribution in [1.82, 2.24) is 20.3 Å². The molecule has 0 aliphatic carbocycles. The van der Waals surface area contributed by atoms with Crippen LogP contribution >= 0.6 is 22.7 Å². The zero-order valence-electron chi connectivity index (χ0n) is 14.4. The molecular weight excluding hydrogens is 364 g/mol. The highest BCUT2D eigenvalue weighted by molar-refractivity contribution is 7.18. The van der Waals surface area contributed by atoms with Gasteiger partial charge in [-0.25, -0.2) is 9.97 Å². The maximum atomic E-state index is 12.5. The SMILES string of the molecule is Cc1nc(-c2c[nH]c(C(=O)NC(C)Cc3nc4ccccc4s3)c2)cs1. The van der Waals surface area contributed by atoms with Crippen LogP contribution in [0.2, 0.25) is 0 Å². The van der Waals surface area contributed by atoms with E-state index in [0.29, 0.717) is 12.1 Å². The summed E-state index contributed by atoms with van der Waals surface area (Å²) in [6.45, 7) is 3.97. The molecule has 0 fully saturated rings. The van der Waals surface area contributed by atoms with E-state index in [1.54, 1.807) is 22.7 Å². The van der Waals surface area contributed by atoms with Crippen molar-refractivity contribution >= 4 is 38.8 Å². The first-order valence-electron chi connectivity index (χ1n) is 8.35. The molecule has 1 aromatic carbocycles. The number of H-pyrrole nitrogens is 1. The van der Waals surface area contributed by atoms with E-state index >= 15 is 0 Å². The Morgan fingerprint density at radius 3 is 2.92 bits per heavy atom. The summed E-state index contributed by atoms with van der Waals surface area (Å²) in [7, 11) is 0. The lowest BCUT2D eigenvalue weighted by Crippen LogP contribution is -2.34. The second-order valence-corrected chi connectivity index (χ2v) is 8.39. The summed E-state index contributed by atoms with van der Waals surface area (Å²) < 4.78 is 1.17. The summed E-state index contributed by atoms with van der Waals surface area (Å²) in [6, 6.07) is 9.93. The summed E-state index contributed by atoms with van der Waals surface area (Å²) in [5.74, 6) is -0.114. The quantitative estimate of drug-likeness (QED) is 0.537. The van der Waals surface area contributed by atoms with Gasteiger partial charge in [0.25, 0.3) is 5.91 Å². The molecule has 132 valence electrons. The normalized spacial score (nSPS) is 12.4. The molecule has 1 unspecified atom stereocenters. The summed E-state index contributed by atoms with van der Waals surface area (Å²) in [5, 5.41) is 7.08. The van der Waals surface area contributed by atoms with Crippen molar-refractivity contribution in [2.24, 2.45) is 0 Å². The molecule has 1 amide bonds. The lowest BCUT2D eigenvalue weighted by molar-refractivity contribution is 0.0935. The van der Waals surface area contributed by atoms with Crippen molar-refractivity contribution in [3.63, 3.8) is 0 Å². The topological polar surface area (TPSA) is 70.7 Å². The van der Waals surface area contributed by atoms with Crippen molar-refractivity contribution < 1.29 is 4.79 Å². The largest absolute Gasteiger partial charge is 0.357 e. The van der Waals surface area contributed by atoms with Crippen LogP contribution in [0.15, 0.2) is 41.9 Å². The van der Waals surface area contributed by atoms with E-state index in [4.69, 9.17) is 0 Å². The number of carbonyl (C=O) groups is 1. The van der Waals surface area contributed by atoms with E-state index < -0.39 is 0 Å². The third-order valence-corrected chi connectivity index (χ3v) is 5.87. The van der Waals surface area contributed by atoms with Crippen LogP contribution in [0.5, 0.6) is 0 Å². The molecule has 0 spiro atoms. The molecule has 0 saturated carbocycles. The number of rotatable bonds is 5. The van der Waals surface area contributed by atoms with Crippen molar-refractivity contribution in [3.8, 4) is 11.3 Å². The fourth-order valence-electron chi connectivity index (χ4n) is 2.79. The molecule has 4 aromatic rings. The average Bonchev–Trinajstić information content (AvgIpc) is 3.32. The van der Waals surface area contributed by atoms with E-state index in [1.807, 2.05) is 49.7 Å². The minimum atomic E-state index is -0.114. The van der Waals surface area contributed by atoms with Gasteiger partial charge in [-0.15, -0.1) is 22.7 Å².